The van der Waals surface area contributed by atoms with Crippen LogP contribution in [0.3, 0.4) is 0 Å². The van der Waals surface area contributed by atoms with Crippen molar-refractivity contribution < 1.29 is 9.53 Å². The summed E-state index contributed by atoms with van der Waals surface area (Å²) in [6.45, 7) is 7.10. The number of carbonyl (C=O) groups excluding carboxylic acids is 1. The average molecular weight is 405 g/mol. The molecular formula is C26H32N2O2. The van der Waals surface area contributed by atoms with Crippen LogP contribution in [-0.2, 0) is 0 Å². The van der Waals surface area contributed by atoms with Crippen molar-refractivity contribution >= 4 is 16.8 Å². The van der Waals surface area contributed by atoms with E-state index in [2.05, 4.69) is 19.2 Å². The summed E-state index contributed by atoms with van der Waals surface area (Å²) in [6, 6.07) is 15.7. The normalized spacial score (nSPS) is 12.0. The molecule has 2 aromatic carbocycles. The second kappa shape index (κ2) is 10.2. The SMILES string of the molecule is CCCCC(CC)CNC(=O)c1c(C)c(-c2ccc(OC)cc2)nc2ccccc12. The van der Waals surface area contributed by atoms with E-state index in [4.69, 9.17) is 9.72 Å². The second-order valence-corrected chi connectivity index (χ2v) is 7.83. The molecule has 1 unspecified atom stereocenters. The summed E-state index contributed by atoms with van der Waals surface area (Å²) in [7, 11) is 1.65. The summed E-state index contributed by atoms with van der Waals surface area (Å²) < 4.78 is 5.28. The Morgan fingerprint density at radius 2 is 1.83 bits per heavy atom. The molecule has 0 saturated carbocycles. The molecule has 1 N–H and O–H groups in total. The molecule has 158 valence electrons. The first-order valence-electron chi connectivity index (χ1n) is 10.9. The molecule has 0 fully saturated rings. The van der Waals surface area contributed by atoms with Crippen LogP contribution < -0.4 is 10.1 Å². The minimum Gasteiger partial charge on any atom is -0.497 e. The number of methoxy groups -OCH3 is 1. The molecule has 30 heavy (non-hydrogen) atoms. The van der Waals surface area contributed by atoms with Gasteiger partial charge < -0.3 is 10.1 Å². The Hall–Kier alpha value is -2.88. The van der Waals surface area contributed by atoms with Crippen molar-refractivity contribution in [3.63, 3.8) is 0 Å². The Labute approximate surface area is 179 Å². The van der Waals surface area contributed by atoms with Gasteiger partial charge in [-0.25, -0.2) is 4.98 Å². The molecule has 0 bridgehead atoms. The highest BCUT2D eigenvalue weighted by Crippen LogP contribution is 2.30. The van der Waals surface area contributed by atoms with E-state index in [1.54, 1.807) is 7.11 Å². The lowest BCUT2D eigenvalue weighted by Gasteiger charge is -2.18. The number of fused-ring (bicyclic) bond motifs is 1. The van der Waals surface area contributed by atoms with E-state index in [0.717, 1.165) is 51.9 Å². The van der Waals surface area contributed by atoms with Crippen LogP contribution in [0.25, 0.3) is 22.2 Å². The molecule has 4 heteroatoms. The topological polar surface area (TPSA) is 51.2 Å². The molecule has 0 saturated heterocycles. The molecule has 1 amide bonds. The van der Waals surface area contributed by atoms with Crippen molar-refractivity contribution in [2.24, 2.45) is 5.92 Å². The van der Waals surface area contributed by atoms with E-state index in [9.17, 15) is 4.79 Å². The number of nitrogens with one attached hydrogen (secondary N) is 1. The van der Waals surface area contributed by atoms with Gasteiger partial charge in [-0.3, -0.25) is 4.79 Å². The van der Waals surface area contributed by atoms with Crippen LogP contribution >= 0.6 is 0 Å². The zero-order valence-corrected chi connectivity index (χ0v) is 18.5. The van der Waals surface area contributed by atoms with Gasteiger partial charge in [0.15, 0.2) is 0 Å². The monoisotopic (exact) mass is 404 g/mol. The fourth-order valence-corrected chi connectivity index (χ4v) is 3.90. The molecule has 4 nitrogen and oxygen atoms in total. The summed E-state index contributed by atoms with van der Waals surface area (Å²) in [4.78, 5) is 18.2. The van der Waals surface area contributed by atoms with Gasteiger partial charge in [0.25, 0.3) is 5.91 Å². The molecule has 1 aromatic heterocycles. The van der Waals surface area contributed by atoms with Crippen molar-refractivity contribution in [3.05, 3.63) is 59.7 Å². The highest BCUT2D eigenvalue weighted by Gasteiger charge is 2.19. The zero-order chi connectivity index (χ0) is 21.5. The van der Waals surface area contributed by atoms with Crippen molar-refractivity contribution in [1.29, 1.82) is 0 Å². The number of hydrogen-bond donors (Lipinski definition) is 1. The maximum absolute atomic E-state index is 13.3. The van der Waals surface area contributed by atoms with Crippen molar-refractivity contribution in [2.45, 2.75) is 46.5 Å². The smallest absolute Gasteiger partial charge is 0.252 e. The molecule has 0 radical (unpaired) electrons. The molecular weight excluding hydrogens is 372 g/mol. The maximum Gasteiger partial charge on any atom is 0.252 e. The number of amides is 1. The standard InChI is InChI=1S/C26H32N2O2/c1-5-7-10-19(6-2)17-27-26(29)24-18(3)25(20-13-15-21(30-4)16-14-20)28-23-12-9-8-11-22(23)24/h8-9,11-16,19H,5-7,10,17H2,1-4H3,(H,27,29). The number of unbranched alkanes of at least 4 members (excludes halogenated alkanes) is 1. The number of hydrogen-bond acceptors (Lipinski definition) is 3. The Bertz CT molecular complexity index is 996. The molecule has 0 spiro atoms. The van der Waals surface area contributed by atoms with Crippen LogP contribution in [0.4, 0.5) is 0 Å². The van der Waals surface area contributed by atoms with Gasteiger partial charge in [0.05, 0.1) is 23.9 Å². The number of pyridine rings is 1. The van der Waals surface area contributed by atoms with Crippen molar-refractivity contribution in [3.8, 4) is 17.0 Å². The quantitative estimate of drug-likeness (QED) is 0.464. The lowest BCUT2D eigenvalue weighted by atomic mass is 9.96. The second-order valence-electron chi connectivity index (χ2n) is 7.83. The fourth-order valence-electron chi connectivity index (χ4n) is 3.90. The van der Waals surface area contributed by atoms with Crippen LogP contribution in [0, 0.1) is 12.8 Å². The van der Waals surface area contributed by atoms with Crippen LogP contribution in [0.1, 0.15) is 55.5 Å². The molecule has 0 aliphatic rings. The summed E-state index contributed by atoms with van der Waals surface area (Å²) in [5.74, 6) is 1.30. The van der Waals surface area contributed by atoms with Crippen molar-refractivity contribution in [2.75, 3.05) is 13.7 Å². The fraction of sp³-hybridized carbons (Fsp3) is 0.385. The largest absolute Gasteiger partial charge is 0.497 e. The number of ether oxygens (including phenoxy) is 1. The first kappa shape index (κ1) is 21.8. The first-order valence-corrected chi connectivity index (χ1v) is 10.9. The molecule has 3 rings (SSSR count). The van der Waals surface area contributed by atoms with E-state index < -0.39 is 0 Å². The van der Waals surface area contributed by atoms with Crippen LogP contribution in [0.15, 0.2) is 48.5 Å². The van der Waals surface area contributed by atoms with E-state index in [-0.39, 0.29) is 5.91 Å². The molecule has 1 heterocycles. The third kappa shape index (κ3) is 4.81. The summed E-state index contributed by atoms with van der Waals surface area (Å²) in [5.41, 5.74) is 4.26. The Morgan fingerprint density at radius 3 is 2.50 bits per heavy atom. The minimum absolute atomic E-state index is 0.0178. The van der Waals surface area contributed by atoms with Crippen LogP contribution in [0.2, 0.25) is 0 Å². The van der Waals surface area contributed by atoms with Gasteiger partial charge in [-0.1, -0.05) is 51.3 Å². The molecule has 3 aromatic rings. The number of rotatable bonds is 9. The van der Waals surface area contributed by atoms with E-state index in [0.29, 0.717) is 12.5 Å². The number of aromatic nitrogens is 1. The van der Waals surface area contributed by atoms with Gasteiger partial charge in [-0.05, 0) is 55.2 Å². The van der Waals surface area contributed by atoms with E-state index >= 15 is 0 Å². The van der Waals surface area contributed by atoms with Gasteiger partial charge in [0.1, 0.15) is 5.75 Å². The minimum atomic E-state index is -0.0178. The van der Waals surface area contributed by atoms with Gasteiger partial charge in [0.2, 0.25) is 0 Å². The van der Waals surface area contributed by atoms with Gasteiger partial charge in [0, 0.05) is 17.5 Å². The van der Waals surface area contributed by atoms with Crippen molar-refractivity contribution in [1.82, 2.24) is 10.3 Å². The predicted molar refractivity (Wildman–Crippen MR) is 124 cm³/mol. The third-order valence-corrected chi connectivity index (χ3v) is 5.82. The van der Waals surface area contributed by atoms with E-state index in [1.807, 2.05) is 55.5 Å². The lowest BCUT2D eigenvalue weighted by Crippen LogP contribution is -2.30. The third-order valence-electron chi connectivity index (χ3n) is 5.82. The van der Waals surface area contributed by atoms with E-state index in [1.165, 1.54) is 12.8 Å². The maximum atomic E-state index is 13.3. The number of carbonyl (C=O) groups is 1. The number of benzene rings is 2. The first-order chi connectivity index (χ1) is 14.6. The Kier molecular flexibility index (Phi) is 7.45. The Morgan fingerprint density at radius 1 is 1.10 bits per heavy atom. The summed E-state index contributed by atoms with van der Waals surface area (Å²) >= 11 is 0. The highest BCUT2D eigenvalue weighted by molar-refractivity contribution is 6.08. The van der Waals surface area contributed by atoms with Gasteiger partial charge in [-0.15, -0.1) is 0 Å². The molecule has 0 aliphatic carbocycles. The number of para-hydroxylation sites is 1. The lowest BCUT2D eigenvalue weighted by molar-refractivity contribution is 0.0947. The summed E-state index contributed by atoms with van der Waals surface area (Å²) in [5, 5.41) is 4.10. The van der Waals surface area contributed by atoms with Gasteiger partial charge in [-0.2, -0.15) is 0 Å². The average Bonchev–Trinajstić information content (AvgIpc) is 2.78. The van der Waals surface area contributed by atoms with Crippen LogP contribution in [0.5, 0.6) is 5.75 Å². The van der Waals surface area contributed by atoms with Gasteiger partial charge >= 0.3 is 0 Å². The Balaban J connectivity index is 1.98. The zero-order valence-electron chi connectivity index (χ0n) is 18.5. The predicted octanol–water partition coefficient (Wildman–Crippen LogP) is 6.17. The molecule has 0 aliphatic heterocycles. The highest BCUT2D eigenvalue weighted by atomic mass is 16.5. The van der Waals surface area contributed by atoms with Crippen LogP contribution in [-0.4, -0.2) is 24.5 Å². The summed E-state index contributed by atoms with van der Waals surface area (Å²) in [6.07, 6.45) is 4.62. The molecule has 1 atom stereocenters. The number of nitrogens with zero attached hydrogens (tertiary/aromatic N) is 1.